The average molecular weight is 322 g/mol. The van der Waals surface area contributed by atoms with Crippen LogP contribution in [-0.4, -0.2) is 29.8 Å². The minimum Gasteiger partial charge on any atom is -0.486 e. The Balaban J connectivity index is 1.67. The Morgan fingerprint density at radius 2 is 1.83 bits per heavy atom. The lowest BCUT2D eigenvalue weighted by atomic mass is 9.98. The number of nitrogens with zero attached hydrogens (tertiary/aromatic N) is 2. The number of rotatable bonds is 2. The molecule has 0 spiro atoms. The number of hydrogen-bond donors (Lipinski definition) is 0. The van der Waals surface area contributed by atoms with E-state index in [0.717, 1.165) is 28.3 Å². The van der Waals surface area contributed by atoms with E-state index in [1.807, 2.05) is 48.5 Å². The molecular weight excluding hydrogens is 304 g/mol. The Hall–Kier alpha value is -2.82. The van der Waals surface area contributed by atoms with Gasteiger partial charge >= 0.3 is 0 Å². The maximum atomic E-state index is 12.1. The quantitative estimate of drug-likeness (QED) is 0.853. The molecule has 1 amide bonds. The van der Waals surface area contributed by atoms with Crippen LogP contribution in [0.4, 0.5) is 0 Å². The second-order valence-corrected chi connectivity index (χ2v) is 5.90. The maximum Gasteiger partial charge on any atom is 0.240 e. The summed E-state index contributed by atoms with van der Waals surface area (Å²) in [5.41, 5.74) is 2.97. The van der Waals surface area contributed by atoms with Crippen LogP contribution < -0.4 is 9.47 Å². The van der Waals surface area contributed by atoms with Crippen LogP contribution in [0.3, 0.4) is 0 Å². The zero-order valence-electron chi connectivity index (χ0n) is 13.4. The number of ether oxygens (including phenoxy) is 2. The second kappa shape index (κ2) is 6.00. The van der Waals surface area contributed by atoms with Gasteiger partial charge in [-0.25, -0.2) is 5.01 Å². The van der Waals surface area contributed by atoms with Gasteiger partial charge in [-0.05, 0) is 23.3 Å². The van der Waals surface area contributed by atoms with E-state index < -0.39 is 0 Å². The SMILES string of the molecule is CC(=O)N1N=C(c2ccccc2)CC1c1ccc2c(c1)OCCO2. The minimum absolute atomic E-state index is 0.0687. The fraction of sp³-hybridized carbons (Fsp3) is 0.263. The van der Waals surface area contributed by atoms with Crippen LogP contribution in [-0.2, 0) is 4.79 Å². The molecule has 122 valence electrons. The summed E-state index contributed by atoms with van der Waals surface area (Å²) in [7, 11) is 0. The summed E-state index contributed by atoms with van der Waals surface area (Å²) in [5, 5.41) is 6.12. The Morgan fingerprint density at radius 3 is 2.58 bits per heavy atom. The normalized spacial score (nSPS) is 19.1. The van der Waals surface area contributed by atoms with Crippen molar-refractivity contribution in [3.05, 3.63) is 59.7 Å². The van der Waals surface area contributed by atoms with Crippen molar-refractivity contribution in [2.75, 3.05) is 13.2 Å². The molecule has 0 aliphatic carbocycles. The summed E-state index contributed by atoms with van der Waals surface area (Å²) < 4.78 is 11.2. The monoisotopic (exact) mass is 322 g/mol. The summed E-state index contributed by atoms with van der Waals surface area (Å²) >= 11 is 0. The number of carbonyl (C=O) groups is 1. The Bertz CT molecular complexity index is 802. The van der Waals surface area contributed by atoms with Crippen molar-refractivity contribution in [1.29, 1.82) is 0 Å². The molecule has 1 unspecified atom stereocenters. The lowest BCUT2D eigenvalue weighted by Crippen LogP contribution is -2.24. The van der Waals surface area contributed by atoms with Gasteiger partial charge in [0, 0.05) is 13.3 Å². The van der Waals surface area contributed by atoms with Crippen molar-refractivity contribution >= 4 is 11.6 Å². The highest BCUT2D eigenvalue weighted by atomic mass is 16.6. The van der Waals surface area contributed by atoms with E-state index in [1.54, 1.807) is 11.9 Å². The number of fused-ring (bicyclic) bond motifs is 1. The molecule has 0 saturated heterocycles. The summed E-state index contributed by atoms with van der Waals surface area (Å²) in [6, 6.07) is 15.7. The first kappa shape index (κ1) is 14.8. The third-order valence-electron chi connectivity index (χ3n) is 4.29. The molecule has 0 fully saturated rings. The van der Waals surface area contributed by atoms with Crippen molar-refractivity contribution < 1.29 is 14.3 Å². The fourth-order valence-electron chi connectivity index (χ4n) is 3.13. The molecule has 2 aromatic rings. The third kappa shape index (κ3) is 2.62. The molecule has 2 aromatic carbocycles. The van der Waals surface area contributed by atoms with E-state index in [2.05, 4.69) is 5.10 Å². The van der Waals surface area contributed by atoms with Gasteiger partial charge in [0.05, 0.1) is 11.8 Å². The first-order valence-corrected chi connectivity index (χ1v) is 8.04. The predicted molar refractivity (Wildman–Crippen MR) is 90.3 cm³/mol. The van der Waals surface area contributed by atoms with Gasteiger partial charge in [-0.1, -0.05) is 36.4 Å². The van der Waals surface area contributed by atoms with Crippen LogP contribution in [0.15, 0.2) is 53.6 Å². The molecule has 24 heavy (non-hydrogen) atoms. The standard InChI is InChI=1S/C19H18N2O3/c1-13(22)21-17(12-16(20-21)14-5-3-2-4-6-14)15-7-8-18-19(11-15)24-10-9-23-18/h2-8,11,17H,9-10,12H2,1H3. The molecule has 2 heterocycles. The van der Waals surface area contributed by atoms with Crippen molar-refractivity contribution in [2.45, 2.75) is 19.4 Å². The molecule has 0 radical (unpaired) electrons. The van der Waals surface area contributed by atoms with Crippen molar-refractivity contribution in [1.82, 2.24) is 5.01 Å². The Morgan fingerprint density at radius 1 is 1.08 bits per heavy atom. The first-order valence-electron chi connectivity index (χ1n) is 8.04. The van der Waals surface area contributed by atoms with E-state index in [0.29, 0.717) is 19.6 Å². The second-order valence-electron chi connectivity index (χ2n) is 5.90. The third-order valence-corrected chi connectivity index (χ3v) is 4.29. The molecule has 4 rings (SSSR count). The Labute approximate surface area is 140 Å². The van der Waals surface area contributed by atoms with Gasteiger partial charge in [-0.3, -0.25) is 4.79 Å². The number of hydrogen-bond acceptors (Lipinski definition) is 4. The fourth-order valence-corrected chi connectivity index (χ4v) is 3.13. The van der Waals surface area contributed by atoms with Crippen LogP contribution in [0.2, 0.25) is 0 Å². The molecule has 0 aromatic heterocycles. The largest absolute Gasteiger partial charge is 0.486 e. The van der Waals surface area contributed by atoms with Crippen LogP contribution in [0.1, 0.15) is 30.5 Å². The van der Waals surface area contributed by atoms with E-state index in [4.69, 9.17) is 9.47 Å². The predicted octanol–water partition coefficient (Wildman–Crippen LogP) is 3.16. The first-order chi connectivity index (χ1) is 11.7. The Kier molecular flexibility index (Phi) is 3.69. The van der Waals surface area contributed by atoms with Crippen LogP contribution >= 0.6 is 0 Å². The highest BCUT2D eigenvalue weighted by Crippen LogP contribution is 2.38. The van der Waals surface area contributed by atoms with Gasteiger partial charge in [0.15, 0.2) is 11.5 Å². The van der Waals surface area contributed by atoms with E-state index >= 15 is 0 Å². The topological polar surface area (TPSA) is 51.1 Å². The van der Waals surface area contributed by atoms with Crippen LogP contribution in [0, 0.1) is 0 Å². The highest BCUT2D eigenvalue weighted by molar-refractivity contribution is 6.03. The molecule has 2 aliphatic heterocycles. The number of amides is 1. The van der Waals surface area contributed by atoms with E-state index in [1.165, 1.54) is 0 Å². The zero-order chi connectivity index (χ0) is 16.5. The van der Waals surface area contributed by atoms with Gasteiger partial charge < -0.3 is 9.47 Å². The summed E-state index contributed by atoms with van der Waals surface area (Å²) in [6.45, 7) is 2.66. The molecular formula is C19H18N2O3. The molecule has 2 aliphatic rings. The summed E-state index contributed by atoms with van der Waals surface area (Å²) in [4.78, 5) is 12.1. The van der Waals surface area contributed by atoms with E-state index in [9.17, 15) is 4.79 Å². The molecule has 0 saturated carbocycles. The lowest BCUT2D eigenvalue weighted by molar-refractivity contribution is -0.130. The zero-order valence-corrected chi connectivity index (χ0v) is 13.4. The van der Waals surface area contributed by atoms with Crippen LogP contribution in [0.25, 0.3) is 0 Å². The average Bonchev–Trinajstić information content (AvgIpc) is 3.08. The number of hydrazone groups is 1. The van der Waals surface area contributed by atoms with Crippen LogP contribution in [0.5, 0.6) is 11.5 Å². The van der Waals surface area contributed by atoms with E-state index in [-0.39, 0.29) is 11.9 Å². The smallest absolute Gasteiger partial charge is 0.240 e. The minimum atomic E-state index is -0.117. The number of carbonyl (C=O) groups excluding carboxylic acids is 1. The van der Waals surface area contributed by atoms with Gasteiger partial charge in [-0.15, -0.1) is 0 Å². The van der Waals surface area contributed by atoms with Crippen molar-refractivity contribution in [3.8, 4) is 11.5 Å². The molecule has 0 bridgehead atoms. The molecule has 5 nitrogen and oxygen atoms in total. The highest BCUT2D eigenvalue weighted by Gasteiger charge is 2.32. The van der Waals surface area contributed by atoms with Gasteiger partial charge in [-0.2, -0.15) is 5.10 Å². The van der Waals surface area contributed by atoms with Gasteiger partial charge in [0.1, 0.15) is 13.2 Å². The molecule has 0 N–H and O–H groups in total. The van der Waals surface area contributed by atoms with Gasteiger partial charge in [0.2, 0.25) is 5.91 Å². The number of benzene rings is 2. The maximum absolute atomic E-state index is 12.1. The summed E-state index contributed by atoms with van der Waals surface area (Å²) in [5.74, 6) is 1.41. The van der Waals surface area contributed by atoms with Crippen molar-refractivity contribution in [2.24, 2.45) is 5.10 Å². The van der Waals surface area contributed by atoms with Crippen molar-refractivity contribution in [3.63, 3.8) is 0 Å². The van der Waals surface area contributed by atoms with Gasteiger partial charge in [0.25, 0.3) is 0 Å². The lowest BCUT2D eigenvalue weighted by Gasteiger charge is -2.23. The summed E-state index contributed by atoms with van der Waals surface area (Å²) in [6.07, 6.45) is 0.684. The molecule has 1 atom stereocenters. The molecule has 5 heteroatoms.